The first-order valence-corrected chi connectivity index (χ1v) is 8.77. The van der Waals surface area contributed by atoms with Gasteiger partial charge in [0.2, 0.25) is 0 Å². The number of anilines is 1. The highest BCUT2D eigenvalue weighted by atomic mass is 32.2. The van der Waals surface area contributed by atoms with E-state index in [1.807, 2.05) is 0 Å². The van der Waals surface area contributed by atoms with Gasteiger partial charge >= 0.3 is 12.1 Å². The summed E-state index contributed by atoms with van der Waals surface area (Å²) in [5.41, 5.74) is -0.826. The molecule has 0 radical (unpaired) electrons. The van der Waals surface area contributed by atoms with Gasteiger partial charge in [-0.1, -0.05) is 12.1 Å². The maximum absolute atomic E-state index is 13.1. The van der Waals surface area contributed by atoms with Crippen molar-refractivity contribution in [2.24, 2.45) is 7.05 Å². The number of nitrogens with zero attached hydrogens (tertiary/aromatic N) is 3. The van der Waals surface area contributed by atoms with Crippen molar-refractivity contribution in [1.82, 2.24) is 9.78 Å². The molecule has 0 bridgehead atoms. The van der Waals surface area contributed by atoms with Crippen LogP contribution in [0.2, 0.25) is 0 Å². The summed E-state index contributed by atoms with van der Waals surface area (Å²) in [5, 5.41) is 11.9. The summed E-state index contributed by atoms with van der Waals surface area (Å²) in [6.45, 7) is 0. The summed E-state index contributed by atoms with van der Waals surface area (Å²) in [4.78, 5) is 9.69. The molecule has 2 aromatic rings. The van der Waals surface area contributed by atoms with E-state index in [9.17, 15) is 26.4 Å². The van der Waals surface area contributed by atoms with Gasteiger partial charge in [0.05, 0.1) is 5.69 Å². The molecule has 0 amide bonds. The predicted molar refractivity (Wildman–Crippen MR) is 86.2 cm³/mol. The molecule has 0 unspecified atom stereocenters. The average molecular weight is 391 g/mol. The van der Waals surface area contributed by atoms with Crippen molar-refractivity contribution >= 4 is 21.7 Å². The highest BCUT2D eigenvalue weighted by Crippen LogP contribution is 2.35. The third kappa shape index (κ3) is 4.15. The topological polar surface area (TPSA) is 92.5 Å². The van der Waals surface area contributed by atoms with E-state index in [1.165, 1.54) is 25.2 Å². The van der Waals surface area contributed by atoms with Crippen molar-refractivity contribution in [3.63, 3.8) is 0 Å². The summed E-state index contributed by atoms with van der Waals surface area (Å²) < 4.78 is 66.1. The van der Waals surface area contributed by atoms with Gasteiger partial charge in [-0.2, -0.15) is 18.3 Å². The SMILES string of the molecule is CN(c1cccc(CCC(=O)O)c1)S(=O)(=O)c1cn(C)nc1C(F)(F)F. The number of benzene rings is 1. The third-order valence-corrected chi connectivity index (χ3v) is 5.39. The molecular formula is C15H16F3N3O4S. The van der Waals surface area contributed by atoms with Gasteiger partial charge < -0.3 is 5.11 Å². The summed E-state index contributed by atoms with van der Waals surface area (Å²) >= 11 is 0. The van der Waals surface area contributed by atoms with Crippen molar-refractivity contribution in [3.8, 4) is 0 Å². The maximum Gasteiger partial charge on any atom is 0.436 e. The molecular weight excluding hydrogens is 375 g/mol. The van der Waals surface area contributed by atoms with Gasteiger partial charge in [0, 0.05) is 26.7 Å². The third-order valence-electron chi connectivity index (χ3n) is 3.60. The molecule has 0 aliphatic heterocycles. The van der Waals surface area contributed by atoms with E-state index in [2.05, 4.69) is 5.10 Å². The Morgan fingerprint density at radius 1 is 1.35 bits per heavy atom. The van der Waals surface area contributed by atoms with E-state index in [4.69, 9.17) is 5.11 Å². The Balaban J connectivity index is 2.42. The van der Waals surface area contributed by atoms with Crippen molar-refractivity contribution < 1.29 is 31.5 Å². The second-order valence-electron chi connectivity index (χ2n) is 5.55. The van der Waals surface area contributed by atoms with Crippen LogP contribution < -0.4 is 4.31 Å². The number of hydrogen-bond acceptors (Lipinski definition) is 4. The Labute approximate surface area is 147 Å². The maximum atomic E-state index is 13.1. The predicted octanol–water partition coefficient (Wildman–Crippen LogP) is 2.28. The number of carbonyl (C=O) groups is 1. The molecule has 0 spiro atoms. The van der Waals surface area contributed by atoms with Gasteiger partial charge in [-0.15, -0.1) is 0 Å². The second kappa shape index (κ2) is 6.98. The second-order valence-corrected chi connectivity index (χ2v) is 7.49. The molecule has 1 heterocycles. The summed E-state index contributed by atoms with van der Waals surface area (Å²) in [5.74, 6) is -1.01. The van der Waals surface area contributed by atoms with E-state index < -0.39 is 32.8 Å². The van der Waals surface area contributed by atoms with Gasteiger partial charge in [0.1, 0.15) is 4.90 Å². The van der Waals surface area contributed by atoms with Crippen LogP contribution in [-0.2, 0) is 34.5 Å². The average Bonchev–Trinajstić information content (AvgIpc) is 2.95. The Morgan fingerprint density at radius 2 is 2.00 bits per heavy atom. The van der Waals surface area contributed by atoms with Crippen molar-refractivity contribution in [1.29, 1.82) is 0 Å². The summed E-state index contributed by atoms with van der Waals surface area (Å²) in [6, 6.07) is 5.94. The number of alkyl halides is 3. The van der Waals surface area contributed by atoms with E-state index in [0.717, 1.165) is 17.9 Å². The quantitative estimate of drug-likeness (QED) is 0.816. The molecule has 0 saturated carbocycles. The Kier molecular flexibility index (Phi) is 5.31. The van der Waals surface area contributed by atoms with Crippen molar-refractivity contribution in [2.75, 3.05) is 11.4 Å². The normalized spacial score (nSPS) is 12.2. The first kappa shape index (κ1) is 19.8. The van der Waals surface area contributed by atoms with Crippen molar-refractivity contribution in [3.05, 3.63) is 41.7 Å². The molecule has 2 rings (SSSR count). The Morgan fingerprint density at radius 3 is 2.58 bits per heavy atom. The van der Waals surface area contributed by atoms with E-state index in [-0.39, 0.29) is 18.5 Å². The first-order chi connectivity index (χ1) is 11.9. The largest absolute Gasteiger partial charge is 0.481 e. The number of aromatic nitrogens is 2. The van der Waals surface area contributed by atoms with E-state index in [0.29, 0.717) is 9.87 Å². The van der Waals surface area contributed by atoms with Crippen LogP contribution in [0.25, 0.3) is 0 Å². The van der Waals surface area contributed by atoms with Crippen LogP contribution in [-0.4, -0.2) is 36.3 Å². The zero-order valence-electron chi connectivity index (χ0n) is 13.9. The molecule has 1 aromatic heterocycles. The molecule has 1 N–H and O–H groups in total. The van der Waals surface area contributed by atoms with Crippen LogP contribution in [0.15, 0.2) is 35.4 Å². The number of aliphatic carboxylic acids is 1. The van der Waals surface area contributed by atoms with Gasteiger partial charge in [-0.3, -0.25) is 13.8 Å². The summed E-state index contributed by atoms with van der Waals surface area (Å²) in [7, 11) is -2.20. The standard InChI is InChI=1S/C15H16F3N3O4S/c1-20-9-12(14(19-20)15(16,17)18)26(24,25)21(2)11-5-3-4-10(8-11)6-7-13(22)23/h3-5,8-9H,6-7H2,1-2H3,(H,22,23). The number of sulfonamides is 1. The minimum Gasteiger partial charge on any atom is -0.481 e. The molecule has 7 nitrogen and oxygen atoms in total. The number of carboxylic acids is 1. The van der Waals surface area contributed by atoms with Crippen LogP contribution in [0.5, 0.6) is 0 Å². The fourth-order valence-electron chi connectivity index (χ4n) is 2.30. The van der Waals surface area contributed by atoms with Crippen LogP contribution in [0.4, 0.5) is 18.9 Å². The van der Waals surface area contributed by atoms with Crippen LogP contribution >= 0.6 is 0 Å². The lowest BCUT2D eigenvalue weighted by molar-refractivity contribution is -0.143. The lowest BCUT2D eigenvalue weighted by Crippen LogP contribution is -2.28. The van der Waals surface area contributed by atoms with Crippen molar-refractivity contribution in [2.45, 2.75) is 23.9 Å². The van der Waals surface area contributed by atoms with Crippen LogP contribution in [0.1, 0.15) is 17.7 Å². The zero-order chi connectivity index (χ0) is 19.7. The number of hydrogen-bond donors (Lipinski definition) is 1. The number of halogens is 3. The zero-order valence-corrected chi connectivity index (χ0v) is 14.7. The van der Waals surface area contributed by atoms with Gasteiger partial charge in [-0.25, -0.2) is 8.42 Å². The smallest absolute Gasteiger partial charge is 0.436 e. The molecule has 26 heavy (non-hydrogen) atoms. The number of aryl methyl sites for hydroxylation is 2. The molecule has 1 aromatic carbocycles. The molecule has 142 valence electrons. The molecule has 0 aliphatic rings. The van der Waals surface area contributed by atoms with Crippen LogP contribution in [0, 0.1) is 0 Å². The fraction of sp³-hybridized carbons (Fsp3) is 0.333. The first-order valence-electron chi connectivity index (χ1n) is 7.33. The number of carboxylic acid groups (broad SMARTS) is 1. The molecule has 0 aliphatic carbocycles. The number of rotatable bonds is 6. The van der Waals surface area contributed by atoms with Gasteiger partial charge in [0.25, 0.3) is 10.0 Å². The minimum absolute atomic E-state index is 0.116. The van der Waals surface area contributed by atoms with Gasteiger partial charge in [0.15, 0.2) is 5.69 Å². The highest BCUT2D eigenvalue weighted by molar-refractivity contribution is 7.92. The van der Waals surface area contributed by atoms with Crippen LogP contribution in [0.3, 0.4) is 0 Å². The molecule has 0 atom stereocenters. The van der Waals surface area contributed by atoms with E-state index >= 15 is 0 Å². The van der Waals surface area contributed by atoms with Gasteiger partial charge in [-0.05, 0) is 24.1 Å². The lowest BCUT2D eigenvalue weighted by Gasteiger charge is -2.20. The molecule has 0 fully saturated rings. The van der Waals surface area contributed by atoms with E-state index in [1.54, 1.807) is 6.07 Å². The molecule has 11 heteroatoms. The lowest BCUT2D eigenvalue weighted by atomic mass is 10.1. The Hall–Kier alpha value is -2.56. The monoisotopic (exact) mass is 391 g/mol. The molecule has 0 saturated heterocycles. The highest BCUT2D eigenvalue weighted by Gasteiger charge is 2.42. The Bertz CT molecular complexity index is 922. The fourth-order valence-corrected chi connectivity index (χ4v) is 3.67. The summed E-state index contributed by atoms with van der Waals surface area (Å²) in [6.07, 6.45) is -4.12. The minimum atomic E-state index is -4.92.